The van der Waals surface area contributed by atoms with Gasteiger partial charge < -0.3 is 14.8 Å². The molecule has 1 aromatic rings. The maximum Gasteiger partial charge on any atom is 0.223 e. The van der Waals surface area contributed by atoms with E-state index in [1.165, 1.54) is 4.31 Å². The van der Waals surface area contributed by atoms with Crippen molar-refractivity contribution in [3.8, 4) is 11.5 Å². The highest BCUT2D eigenvalue weighted by Gasteiger charge is 2.30. The Morgan fingerprint density at radius 3 is 2.35 bits per heavy atom. The van der Waals surface area contributed by atoms with E-state index in [1.54, 1.807) is 14.0 Å². The van der Waals surface area contributed by atoms with E-state index in [4.69, 9.17) is 9.47 Å². The van der Waals surface area contributed by atoms with E-state index in [0.717, 1.165) is 5.75 Å². The Kier molecular flexibility index (Phi) is 7.28. The Balaban J connectivity index is 1.75. The fourth-order valence-corrected chi connectivity index (χ4v) is 4.01. The molecule has 1 saturated heterocycles. The first-order chi connectivity index (χ1) is 12.4. The minimum atomic E-state index is -3.17. The first kappa shape index (κ1) is 20.5. The Labute approximate surface area is 155 Å². The highest BCUT2D eigenvalue weighted by Crippen LogP contribution is 2.20. The SMILES string of the molecule is CCS(=O)(=O)N1CCC(C(=O)N[C@H](C)COc2ccc(OC)cc2)CC1. The van der Waals surface area contributed by atoms with Crippen molar-refractivity contribution in [2.24, 2.45) is 5.92 Å². The van der Waals surface area contributed by atoms with E-state index in [1.807, 2.05) is 31.2 Å². The van der Waals surface area contributed by atoms with Crippen LogP contribution in [0, 0.1) is 5.92 Å². The minimum absolute atomic E-state index is 0.0376. The summed E-state index contributed by atoms with van der Waals surface area (Å²) < 4.78 is 36.0. The van der Waals surface area contributed by atoms with Gasteiger partial charge >= 0.3 is 0 Å². The molecule has 1 aliphatic heterocycles. The van der Waals surface area contributed by atoms with E-state index in [2.05, 4.69) is 5.32 Å². The number of ether oxygens (including phenoxy) is 2. The summed E-state index contributed by atoms with van der Waals surface area (Å²) in [5.41, 5.74) is 0. The molecule has 1 aliphatic rings. The Morgan fingerprint density at radius 2 is 1.81 bits per heavy atom. The summed E-state index contributed by atoms with van der Waals surface area (Å²) in [5, 5.41) is 2.95. The van der Waals surface area contributed by atoms with Crippen molar-refractivity contribution < 1.29 is 22.7 Å². The minimum Gasteiger partial charge on any atom is -0.497 e. The molecule has 0 aliphatic carbocycles. The highest BCUT2D eigenvalue weighted by atomic mass is 32.2. The molecule has 0 spiro atoms. The van der Waals surface area contributed by atoms with Gasteiger partial charge in [0.1, 0.15) is 18.1 Å². The molecule has 8 heteroatoms. The third kappa shape index (κ3) is 5.60. The molecule has 0 bridgehead atoms. The monoisotopic (exact) mass is 384 g/mol. The zero-order valence-corrected chi connectivity index (χ0v) is 16.4. The standard InChI is InChI=1S/C18H28N2O5S/c1-4-26(22,23)20-11-9-15(10-12-20)18(21)19-14(2)13-25-17-7-5-16(24-3)6-8-17/h5-8,14-15H,4,9-13H2,1-3H3,(H,19,21)/t14-/m1/s1. The van der Waals surface area contributed by atoms with Crippen LogP contribution in [0.25, 0.3) is 0 Å². The van der Waals surface area contributed by atoms with E-state index >= 15 is 0 Å². The molecule has 2 rings (SSSR count). The van der Waals surface area contributed by atoms with Crippen LogP contribution in [0.5, 0.6) is 11.5 Å². The van der Waals surface area contributed by atoms with Gasteiger partial charge in [0.2, 0.25) is 15.9 Å². The van der Waals surface area contributed by atoms with Crippen LogP contribution in [0.1, 0.15) is 26.7 Å². The van der Waals surface area contributed by atoms with Crippen molar-refractivity contribution in [1.29, 1.82) is 0 Å². The molecule has 1 heterocycles. The van der Waals surface area contributed by atoms with Crippen LogP contribution in [0.2, 0.25) is 0 Å². The smallest absolute Gasteiger partial charge is 0.223 e. The number of nitrogens with zero attached hydrogens (tertiary/aromatic N) is 1. The fraction of sp³-hybridized carbons (Fsp3) is 0.611. The Hall–Kier alpha value is -1.80. The van der Waals surface area contributed by atoms with E-state index < -0.39 is 10.0 Å². The molecule has 1 amide bonds. The Bertz CT molecular complexity index is 682. The zero-order chi connectivity index (χ0) is 19.2. The van der Waals surface area contributed by atoms with Crippen LogP contribution in [0.4, 0.5) is 0 Å². The van der Waals surface area contributed by atoms with E-state index in [0.29, 0.717) is 38.3 Å². The summed E-state index contributed by atoms with van der Waals surface area (Å²) >= 11 is 0. The summed E-state index contributed by atoms with van der Waals surface area (Å²) in [5.74, 6) is 1.38. The summed E-state index contributed by atoms with van der Waals surface area (Å²) in [7, 11) is -1.56. The second-order valence-corrected chi connectivity index (χ2v) is 8.73. The predicted molar refractivity (Wildman–Crippen MR) is 99.9 cm³/mol. The third-order valence-corrected chi connectivity index (χ3v) is 6.41. The van der Waals surface area contributed by atoms with Gasteiger partial charge in [-0.15, -0.1) is 0 Å². The highest BCUT2D eigenvalue weighted by molar-refractivity contribution is 7.89. The lowest BCUT2D eigenvalue weighted by Crippen LogP contribution is -2.46. The lowest BCUT2D eigenvalue weighted by atomic mass is 9.97. The molecule has 1 N–H and O–H groups in total. The van der Waals surface area contributed by atoms with Crippen LogP contribution in [-0.4, -0.2) is 57.2 Å². The molecule has 0 radical (unpaired) electrons. The van der Waals surface area contributed by atoms with Crippen molar-refractivity contribution in [2.45, 2.75) is 32.7 Å². The number of methoxy groups -OCH3 is 1. The molecule has 1 aromatic carbocycles. The van der Waals surface area contributed by atoms with Crippen LogP contribution >= 0.6 is 0 Å². The zero-order valence-electron chi connectivity index (χ0n) is 15.6. The summed E-state index contributed by atoms with van der Waals surface area (Å²) in [6, 6.07) is 7.13. The largest absolute Gasteiger partial charge is 0.497 e. The molecular formula is C18H28N2O5S. The van der Waals surface area contributed by atoms with Crippen LogP contribution in [-0.2, 0) is 14.8 Å². The molecule has 7 nitrogen and oxygen atoms in total. The quantitative estimate of drug-likeness (QED) is 0.736. The predicted octanol–water partition coefficient (Wildman–Crippen LogP) is 1.64. The number of carbonyl (C=O) groups excluding carboxylic acids is 1. The first-order valence-corrected chi connectivity index (χ1v) is 10.5. The normalized spacial score (nSPS) is 17.5. The van der Waals surface area contributed by atoms with Gasteiger partial charge in [0.15, 0.2) is 0 Å². The summed E-state index contributed by atoms with van der Waals surface area (Å²) in [6.07, 6.45) is 1.11. The molecule has 0 unspecified atom stereocenters. The number of hydrogen-bond donors (Lipinski definition) is 1. The van der Waals surface area contributed by atoms with Gasteiger partial charge in [0.05, 0.1) is 18.9 Å². The van der Waals surface area contributed by atoms with Crippen molar-refractivity contribution in [1.82, 2.24) is 9.62 Å². The topological polar surface area (TPSA) is 84.9 Å². The molecule has 146 valence electrons. The average Bonchev–Trinajstić information content (AvgIpc) is 2.66. The van der Waals surface area contributed by atoms with Crippen LogP contribution in [0.3, 0.4) is 0 Å². The van der Waals surface area contributed by atoms with Gasteiger partial charge in [-0.25, -0.2) is 12.7 Å². The number of sulfonamides is 1. The van der Waals surface area contributed by atoms with Gasteiger partial charge in [-0.05, 0) is 51.0 Å². The second kappa shape index (κ2) is 9.23. The van der Waals surface area contributed by atoms with Crippen molar-refractivity contribution in [3.05, 3.63) is 24.3 Å². The lowest BCUT2D eigenvalue weighted by Gasteiger charge is -2.30. The van der Waals surface area contributed by atoms with Crippen molar-refractivity contribution in [3.63, 3.8) is 0 Å². The maximum absolute atomic E-state index is 12.4. The fourth-order valence-electron chi connectivity index (χ4n) is 2.87. The number of rotatable bonds is 8. The first-order valence-electron chi connectivity index (χ1n) is 8.90. The molecule has 1 atom stereocenters. The van der Waals surface area contributed by atoms with Crippen molar-refractivity contribution >= 4 is 15.9 Å². The van der Waals surface area contributed by atoms with Gasteiger partial charge in [-0.2, -0.15) is 0 Å². The Morgan fingerprint density at radius 1 is 1.23 bits per heavy atom. The molecular weight excluding hydrogens is 356 g/mol. The lowest BCUT2D eigenvalue weighted by molar-refractivity contribution is -0.126. The number of carbonyl (C=O) groups is 1. The average molecular weight is 384 g/mol. The molecule has 0 aromatic heterocycles. The number of benzene rings is 1. The third-order valence-electron chi connectivity index (χ3n) is 4.53. The van der Waals surface area contributed by atoms with Crippen LogP contribution in [0.15, 0.2) is 24.3 Å². The van der Waals surface area contributed by atoms with E-state index in [9.17, 15) is 13.2 Å². The summed E-state index contributed by atoms with van der Waals surface area (Å²) in [6.45, 7) is 4.70. The molecule has 26 heavy (non-hydrogen) atoms. The number of hydrogen-bond acceptors (Lipinski definition) is 5. The molecule has 0 saturated carbocycles. The number of nitrogens with one attached hydrogen (secondary N) is 1. The van der Waals surface area contributed by atoms with Gasteiger partial charge in [0, 0.05) is 19.0 Å². The van der Waals surface area contributed by atoms with Gasteiger partial charge in [-0.3, -0.25) is 4.79 Å². The molecule has 1 fully saturated rings. The van der Waals surface area contributed by atoms with Gasteiger partial charge in [0.25, 0.3) is 0 Å². The van der Waals surface area contributed by atoms with Gasteiger partial charge in [-0.1, -0.05) is 0 Å². The summed E-state index contributed by atoms with van der Waals surface area (Å²) in [4.78, 5) is 12.4. The number of piperidine rings is 1. The van der Waals surface area contributed by atoms with Crippen molar-refractivity contribution in [2.75, 3.05) is 32.6 Å². The second-order valence-electron chi connectivity index (χ2n) is 6.47. The number of amides is 1. The maximum atomic E-state index is 12.4. The van der Waals surface area contributed by atoms with Crippen LogP contribution < -0.4 is 14.8 Å². The van der Waals surface area contributed by atoms with E-state index in [-0.39, 0.29) is 23.6 Å².